The second kappa shape index (κ2) is 9.53. The van der Waals surface area contributed by atoms with Crippen molar-refractivity contribution < 1.29 is 14.3 Å². The molecule has 30 heavy (non-hydrogen) atoms. The molecule has 0 amide bonds. The molecule has 0 atom stereocenters. The largest absolute Gasteiger partial charge is 0.493 e. The fraction of sp³-hybridized carbons (Fsp3) is 0.238. The molecule has 9 heteroatoms. The van der Waals surface area contributed by atoms with Crippen LogP contribution in [0.25, 0.3) is 10.9 Å². The average Bonchev–Trinajstić information content (AvgIpc) is 2.70. The third-order valence-electron chi connectivity index (χ3n) is 4.17. The van der Waals surface area contributed by atoms with Gasteiger partial charge in [0.15, 0.2) is 11.5 Å². The molecule has 0 aliphatic carbocycles. The van der Waals surface area contributed by atoms with E-state index in [1.165, 1.54) is 24.9 Å². The molecule has 0 N–H and O–H groups in total. The van der Waals surface area contributed by atoms with Crippen LogP contribution in [-0.2, 0) is 11.2 Å². The number of esters is 1. The van der Waals surface area contributed by atoms with Crippen LogP contribution in [0.15, 0.2) is 49.2 Å². The maximum atomic E-state index is 13.1. The zero-order chi connectivity index (χ0) is 21.8. The van der Waals surface area contributed by atoms with Crippen molar-refractivity contribution in [3.05, 3.63) is 61.0 Å². The maximum Gasteiger partial charge on any atom is 0.308 e. The average molecular weight is 537 g/mol. The normalized spacial score (nSPS) is 11.2. The first-order chi connectivity index (χ1) is 14.3. The van der Waals surface area contributed by atoms with Crippen LogP contribution in [0.4, 0.5) is 0 Å². The third kappa shape index (κ3) is 4.79. The van der Waals surface area contributed by atoms with Gasteiger partial charge in [-0.05, 0) is 58.2 Å². The number of aromatic nitrogens is 2. The first-order valence-electron chi connectivity index (χ1n) is 9.15. The molecule has 0 spiro atoms. The highest BCUT2D eigenvalue weighted by molar-refractivity contribution is 9.10. The topological polar surface area (TPSA) is 82.8 Å². The van der Waals surface area contributed by atoms with Gasteiger partial charge >= 0.3 is 5.97 Å². The Balaban J connectivity index is 2.10. The summed E-state index contributed by atoms with van der Waals surface area (Å²) >= 11 is 6.78. The van der Waals surface area contributed by atoms with E-state index >= 15 is 0 Å². The predicted molar refractivity (Wildman–Crippen MR) is 123 cm³/mol. The van der Waals surface area contributed by atoms with Crippen molar-refractivity contribution in [2.24, 2.45) is 5.10 Å². The lowest BCUT2D eigenvalue weighted by atomic mass is 10.2. The molecule has 3 rings (SSSR count). The van der Waals surface area contributed by atoms with Crippen molar-refractivity contribution in [1.29, 1.82) is 0 Å². The zero-order valence-electron chi connectivity index (χ0n) is 16.6. The van der Waals surface area contributed by atoms with E-state index in [9.17, 15) is 9.59 Å². The van der Waals surface area contributed by atoms with Gasteiger partial charge in [0.05, 0.1) is 28.7 Å². The number of hydrogen-bond donors (Lipinski definition) is 0. The SMILES string of the molecule is CCCc1nc2ccc(Br)cc2c(=O)n1N=Cc1cc(Br)c(OC(C)=O)c(OC)c1. The Kier molecular flexibility index (Phi) is 7.04. The molecule has 0 bridgehead atoms. The number of hydrogen-bond acceptors (Lipinski definition) is 6. The van der Waals surface area contributed by atoms with Crippen LogP contribution in [-0.4, -0.2) is 29.0 Å². The second-order valence-corrected chi connectivity index (χ2v) is 8.20. The zero-order valence-corrected chi connectivity index (χ0v) is 19.8. The molecule has 3 aromatic rings. The number of methoxy groups -OCH3 is 1. The smallest absolute Gasteiger partial charge is 0.308 e. The van der Waals surface area contributed by atoms with E-state index < -0.39 is 5.97 Å². The lowest BCUT2D eigenvalue weighted by Gasteiger charge is -2.11. The van der Waals surface area contributed by atoms with Gasteiger partial charge in [-0.3, -0.25) is 9.59 Å². The molecular weight excluding hydrogens is 518 g/mol. The van der Waals surface area contributed by atoms with E-state index in [2.05, 4.69) is 41.9 Å². The van der Waals surface area contributed by atoms with Gasteiger partial charge in [0.1, 0.15) is 5.82 Å². The summed E-state index contributed by atoms with van der Waals surface area (Å²) in [4.78, 5) is 29.0. The van der Waals surface area contributed by atoms with Crippen molar-refractivity contribution in [3.8, 4) is 11.5 Å². The Morgan fingerprint density at radius 1 is 1.27 bits per heavy atom. The van der Waals surface area contributed by atoms with Crippen LogP contribution in [0, 0.1) is 0 Å². The van der Waals surface area contributed by atoms with Gasteiger partial charge in [-0.1, -0.05) is 22.9 Å². The van der Waals surface area contributed by atoms with Crippen LogP contribution in [0.3, 0.4) is 0 Å². The van der Waals surface area contributed by atoms with E-state index in [0.29, 0.717) is 38.9 Å². The van der Waals surface area contributed by atoms with Crippen LogP contribution in [0.1, 0.15) is 31.7 Å². The predicted octanol–water partition coefficient (Wildman–Crippen LogP) is 4.69. The monoisotopic (exact) mass is 535 g/mol. The molecule has 0 aliphatic heterocycles. The summed E-state index contributed by atoms with van der Waals surface area (Å²) in [6, 6.07) is 8.79. The number of aryl methyl sites for hydroxylation is 1. The van der Waals surface area contributed by atoms with Crippen molar-refractivity contribution in [3.63, 3.8) is 0 Å². The summed E-state index contributed by atoms with van der Waals surface area (Å²) in [5, 5.41) is 4.88. The minimum absolute atomic E-state index is 0.247. The molecule has 0 fully saturated rings. The molecule has 0 saturated carbocycles. The van der Waals surface area contributed by atoms with E-state index in [0.717, 1.165) is 10.9 Å². The van der Waals surface area contributed by atoms with E-state index in [1.54, 1.807) is 18.2 Å². The molecule has 0 aliphatic rings. The van der Waals surface area contributed by atoms with Crippen molar-refractivity contribution in [2.45, 2.75) is 26.7 Å². The molecule has 156 valence electrons. The number of benzene rings is 2. The Morgan fingerprint density at radius 3 is 2.70 bits per heavy atom. The highest BCUT2D eigenvalue weighted by Gasteiger charge is 2.14. The first-order valence-corrected chi connectivity index (χ1v) is 10.7. The van der Waals surface area contributed by atoms with Crippen LogP contribution < -0.4 is 15.0 Å². The van der Waals surface area contributed by atoms with E-state index in [-0.39, 0.29) is 11.3 Å². The number of carbonyl (C=O) groups excluding carboxylic acids is 1. The summed E-state index contributed by atoms with van der Waals surface area (Å²) < 4.78 is 13.2. The van der Waals surface area contributed by atoms with Crippen molar-refractivity contribution >= 4 is 54.9 Å². The van der Waals surface area contributed by atoms with Crippen LogP contribution in [0.2, 0.25) is 0 Å². The Bertz CT molecular complexity index is 1210. The summed E-state index contributed by atoms with van der Waals surface area (Å²) in [5.74, 6) is 0.765. The summed E-state index contributed by atoms with van der Waals surface area (Å²) in [5.41, 5.74) is 1.04. The molecule has 0 saturated heterocycles. The lowest BCUT2D eigenvalue weighted by Crippen LogP contribution is -2.22. The van der Waals surface area contributed by atoms with Gasteiger partial charge in [0.2, 0.25) is 0 Å². The molecule has 7 nitrogen and oxygen atoms in total. The number of carbonyl (C=O) groups is 1. The Morgan fingerprint density at radius 2 is 2.03 bits per heavy atom. The van der Waals surface area contributed by atoms with Gasteiger partial charge in [-0.2, -0.15) is 9.78 Å². The molecule has 1 aromatic heterocycles. The molecule has 1 heterocycles. The number of nitrogens with zero attached hydrogens (tertiary/aromatic N) is 3. The van der Waals surface area contributed by atoms with Gasteiger partial charge in [-0.15, -0.1) is 0 Å². The highest BCUT2D eigenvalue weighted by Crippen LogP contribution is 2.36. The van der Waals surface area contributed by atoms with Gasteiger partial charge in [-0.25, -0.2) is 4.98 Å². The van der Waals surface area contributed by atoms with Gasteiger partial charge in [0, 0.05) is 17.8 Å². The van der Waals surface area contributed by atoms with Crippen molar-refractivity contribution in [1.82, 2.24) is 9.66 Å². The van der Waals surface area contributed by atoms with E-state index in [1.807, 2.05) is 19.1 Å². The number of fused-ring (bicyclic) bond motifs is 1. The minimum atomic E-state index is -0.459. The number of ether oxygens (including phenoxy) is 2. The summed E-state index contributed by atoms with van der Waals surface area (Å²) in [7, 11) is 1.48. The maximum absolute atomic E-state index is 13.1. The molecular formula is C21H19Br2N3O4. The number of halogens is 2. The van der Waals surface area contributed by atoms with Gasteiger partial charge in [0.25, 0.3) is 5.56 Å². The quantitative estimate of drug-likeness (QED) is 0.259. The van der Waals surface area contributed by atoms with Crippen molar-refractivity contribution in [2.75, 3.05) is 7.11 Å². The fourth-order valence-corrected chi connectivity index (χ4v) is 3.78. The molecule has 0 radical (unpaired) electrons. The standard InChI is InChI=1S/C21H19Br2N3O4/c1-4-5-19-25-17-7-6-14(22)10-15(17)21(28)26(19)24-11-13-8-16(23)20(30-12(2)27)18(9-13)29-3/h6-11H,4-5H2,1-3H3. The lowest BCUT2D eigenvalue weighted by molar-refractivity contribution is -0.132. The number of rotatable bonds is 6. The fourth-order valence-electron chi connectivity index (χ4n) is 2.88. The Labute approximate surface area is 190 Å². The first kappa shape index (κ1) is 22.2. The van der Waals surface area contributed by atoms with Crippen LogP contribution >= 0.6 is 31.9 Å². The summed E-state index contributed by atoms with van der Waals surface area (Å²) in [6.45, 7) is 3.33. The van der Waals surface area contributed by atoms with Gasteiger partial charge < -0.3 is 9.47 Å². The molecule has 0 unspecified atom stereocenters. The molecule has 2 aromatic carbocycles. The second-order valence-electron chi connectivity index (χ2n) is 6.43. The summed E-state index contributed by atoms with van der Waals surface area (Å²) in [6.07, 6.45) is 2.97. The highest BCUT2D eigenvalue weighted by atomic mass is 79.9. The van der Waals surface area contributed by atoms with E-state index in [4.69, 9.17) is 9.47 Å². The third-order valence-corrected chi connectivity index (χ3v) is 5.25. The van der Waals surface area contributed by atoms with Crippen LogP contribution in [0.5, 0.6) is 11.5 Å². The Hall–Kier alpha value is -2.52. The minimum Gasteiger partial charge on any atom is -0.493 e.